The van der Waals surface area contributed by atoms with Gasteiger partial charge in [-0.05, 0) is 6.92 Å². The molecular weight excluding hydrogens is 152 g/mol. The largest absolute Gasteiger partial charge is 0.326 e. The highest BCUT2D eigenvalue weighted by molar-refractivity contribution is 7.80. The first kappa shape index (κ1) is 7.14. The van der Waals surface area contributed by atoms with E-state index in [0.29, 0.717) is 10.6 Å². The fourth-order valence-corrected chi connectivity index (χ4v) is 0.740. The van der Waals surface area contributed by atoms with Crippen LogP contribution in [-0.2, 0) is 0 Å². The molecule has 10 heavy (non-hydrogen) atoms. The Morgan fingerprint density at radius 2 is 1.90 bits per heavy atom. The first-order valence-electron chi connectivity index (χ1n) is 2.63. The van der Waals surface area contributed by atoms with E-state index in [-0.39, 0.29) is 0 Å². The maximum Gasteiger partial charge on any atom is 0.326 e. The van der Waals surface area contributed by atoms with Gasteiger partial charge >= 0.3 is 5.69 Å². The van der Waals surface area contributed by atoms with Crippen molar-refractivity contribution in [1.29, 1.82) is 0 Å². The van der Waals surface area contributed by atoms with Crippen molar-refractivity contribution in [2.45, 2.75) is 11.9 Å². The van der Waals surface area contributed by atoms with Crippen LogP contribution in [-0.4, -0.2) is 9.97 Å². The van der Waals surface area contributed by atoms with Gasteiger partial charge in [-0.1, -0.05) is 0 Å². The predicted octanol–water partition coefficient (Wildman–Crippen LogP) is -0.340. The molecule has 2 N–H and O–H groups in total. The molecular formula is C5H6N2O2S. The second-order valence-corrected chi connectivity index (χ2v) is 2.33. The predicted molar refractivity (Wildman–Crippen MR) is 39.7 cm³/mol. The van der Waals surface area contributed by atoms with Crippen molar-refractivity contribution in [3.8, 4) is 0 Å². The smallest absolute Gasteiger partial charge is 0.302 e. The molecule has 1 aromatic heterocycles. The summed E-state index contributed by atoms with van der Waals surface area (Å²) >= 11 is 3.86. The van der Waals surface area contributed by atoms with E-state index in [1.54, 1.807) is 6.92 Å². The highest BCUT2D eigenvalue weighted by Gasteiger charge is 1.97. The molecule has 0 spiro atoms. The number of hydrogen-bond acceptors (Lipinski definition) is 3. The van der Waals surface area contributed by atoms with Crippen molar-refractivity contribution in [2.24, 2.45) is 0 Å². The Labute approximate surface area is 61.7 Å². The summed E-state index contributed by atoms with van der Waals surface area (Å²) < 4.78 is 0. The molecule has 54 valence electrons. The van der Waals surface area contributed by atoms with Crippen LogP contribution in [0.4, 0.5) is 0 Å². The van der Waals surface area contributed by atoms with Crippen molar-refractivity contribution in [3.05, 3.63) is 26.4 Å². The van der Waals surface area contributed by atoms with E-state index in [1.165, 1.54) is 0 Å². The summed E-state index contributed by atoms with van der Waals surface area (Å²) in [6.07, 6.45) is 0. The highest BCUT2D eigenvalue weighted by Crippen LogP contribution is 1.98. The zero-order valence-electron chi connectivity index (χ0n) is 5.26. The van der Waals surface area contributed by atoms with Gasteiger partial charge in [-0.3, -0.25) is 9.78 Å². The van der Waals surface area contributed by atoms with Gasteiger partial charge in [0.25, 0.3) is 5.56 Å². The monoisotopic (exact) mass is 158 g/mol. The Bertz CT molecular complexity index is 351. The molecule has 0 saturated heterocycles. The summed E-state index contributed by atoms with van der Waals surface area (Å²) in [4.78, 5) is 25.6. The highest BCUT2D eigenvalue weighted by atomic mass is 32.1. The number of hydrogen-bond donors (Lipinski definition) is 3. The van der Waals surface area contributed by atoms with Crippen molar-refractivity contribution in [1.82, 2.24) is 9.97 Å². The van der Waals surface area contributed by atoms with Crippen LogP contribution in [0, 0.1) is 6.92 Å². The minimum absolute atomic E-state index is 0.314. The van der Waals surface area contributed by atoms with Gasteiger partial charge in [0.1, 0.15) is 0 Å². The van der Waals surface area contributed by atoms with Gasteiger partial charge in [0.2, 0.25) is 0 Å². The van der Waals surface area contributed by atoms with Crippen molar-refractivity contribution < 1.29 is 0 Å². The Balaban J connectivity index is 3.62. The summed E-state index contributed by atoms with van der Waals surface area (Å²) in [6, 6.07) is 0. The Morgan fingerprint density at radius 3 is 2.40 bits per heavy atom. The SMILES string of the molecule is Cc1c(S)[nH]c(=O)[nH]c1=O. The number of H-pyrrole nitrogens is 2. The van der Waals surface area contributed by atoms with Crippen LogP contribution >= 0.6 is 12.6 Å². The molecule has 0 aliphatic carbocycles. The van der Waals surface area contributed by atoms with Crippen molar-refractivity contribution in [3.63, 3.8) is 0 Å². The number of aromatic amines is 2. The lowest BCUT2D eigenvalue weighted by Crippen LogP contribution is -2.24. The third-order valence-corrected chi connectivity index (χ3v) is 1.60. The number of aromatic nitrogens is 2. The van der Waals surface area contributed by atoms with Gasteiger partial charge in [0.05, 0.1) is 5.03 Å². The molecule has 0 aliphatic heterocycles. The molecule has 0 aromatic carbocycles. The summed E-state index contributed by atoms with van der Waals surface area (Å²) in [5.41, 5.74) is -0.503. The van der Waals surface area contributed by atoms with Gasteiger partial charge in [-0.25, -0.2) is 4.79 Å². The molecule has 0 amide bonds. The average molecular weight is 158 g/mol. The number of rotatable bonds is 0. The summed E-state index contributed by atoms with van der Waals surface area (Å²) in [7, 11) is 0. The van der Waals surface area contributed by atoms with Gasteiger partial charge in [-0.15, -0.1) is 12.6 Å². The second-order valence-electron chi connectivity index (χ2n) is 1.88. The van der Waals surface area contributed by atoms with Crippen LogP contribution in [0.25, 0.3) is 0 Å². The first-order valence-corrected chi connectivity index (χ1v) is 3.08. The van der Waals surface area contributed by atoms with Crippen LogP contribution in [0.1, 0.15) is 5.56 Å². The normalized spacial score (nSPS) is 9.80. The lowest BCUT2D eigenvalue weighted by atomic mass is 10.4. The molecule has 0 unspecified atom stereocenters. The minimum atomic E-state index is -0.527. The number of nitrogens with one attached hydrogen (secondary N) is 2. The van der Waals surface area contributed by atoms with Crippen LogP contribution in [0.15, 0.2) is 14.6 Å². The zero-order chi connectivity index (χ0) is 7.72. The maximum atomic E-state index is 10.7. The molecule has 0 saturated carbocycles. The minimum Gasteiger partial charge on any atom is -0.302 e. The van der Waals surface area contributed by atoms with E-state index in [4.69, 9.17) is 0 Å². The van der Waals surface area contributed by atoms with Gasteiger partial charge in [0, 0.05) is 5.56 Å². The summed E-state index contributed by atoms with van der Waals surface area (Å²) in [5, 5.41) is 0.314. The Kier molecular flexibility index (Phi) is 1.67. The lowest BCUT2D eigenvalue weighted by molar-refractivity contribution is 0.919. The number of thiol groups is 1. The first-order chi connectivity index (χ1) is 4.61. The van der Waals surface area contributed by atoms with E-state index in [0.717, 1.165) is 0 Å². The van der Waals surface area contributed by atoms with Crippen LogP contribution < -0.4 is 11.2 Å². The molecule has 1 rings (SSSR count). The summed E-state index contributed by atoms with van der Waals surface area (Å²) in [5.74, 6) is 0. The molecule has 4 nitrogen and oxygen atoms in total. The molecule has 1 heterocycles. The molecule has 0 atom stereocenters. The van der Waals surface area contributed by atoms with E-state index in [9.17, 15) is 9.59 Å². The topological polar surface area (TPSA) is 65.7 Å². The fraction of sp³-hybridized carbons (Fsp3) is 0.200. The Hall–Kier alpha value is -0.970. The van der Waals surface area contributed by atoms with Gasteiger partial charge < -0.3 is 4.98 Å². The molecule has 0 bridgehead atoms. The third kappa shape index (κ3) is 1.13. The van der Waals surface area contributed by atoms with Gasteiger partial charge in [0.15, 0.2) is 0 Å². The van der Waals surface area contributed by atoms with E-state index < -0.39 is 11.2 Å². The quantitative estimate of drug-likeness (QED) is 0.357. The standard InChI is InChI=1S/C5H6N2O2S/c1-2-3(8)6-5(9)7-4(2)10/h1H3,(H3,6,7,8,9,10). The molecule has 0 fully saturated rings. The van der Waals surface area contributed by atoms with Crippen LogP contribution in [0.5, 0.6) is 0 Å². The molecule has 0 radical (unpaired) electrons. The van der Waals surface area contributed by atoms with Crippen molar-refractivity contribution in [2.75, 3.05) is 0 Å². The van der Waals surface area contributed by atoms with Crippen LogP contribution in [0.3, 0.4) is 0 Å². The van der Waals surface area contributed by atoms with Crippen LogP contribution in [0.2, 0.25) is 0 Å². The lowest BCUT2D eigenvalue weighted by Gasteiger charge is -1.92. The maximum absolute atomic E-state index is 10.7. The Morgan fingerprint density at radius 1 is 1.30 bits per heavy atom. The van der Waals surface area contributed by atoms with E-state index in [1.807, 2.05) is 0 Å². The third-order valence-electron chi connectivity index (χ3n) is 1.15. The molecule has 0 aliphatic rings. The summed E-state index contributed by atoms with van der Waals surface area (Å²) in [6.45, 7) is 1.58. The van der Waals surface area contributed by atoms with Gasteiger partial charge in [-0.2, -0.15) is 0 Å². The second kappa shape index (κ2) is 2.34. The van der Waals surface area contributed by atoms with E-state index >= 15 is 0 Å². The average Bonchev–Trinajstić information content (AvgIpc) is 1.82. The molecule has 1 aromatic rings. The zero-order valence-corrected chi connectivity index (χ0v) is 6.16. The van der Waals surface area contributed by atoms with Crippen molar-refractivity contribution >= 4 is 12.6 Å². The molecule has 5 heteroatoms. The fourth-order valence-electron chi connectivity index (χ4n) is 0.537. The van der Waals surface area contributed by atoms with E-state index in [2.05, 4.69) is 22.6 Å².